The summed E-state index contributed by atoms with van der Waals surface area (Å²) in [6.45, 7) is 4.72. The summed E-state index contributed by atoms with van der Waals surface area (Å²) in [5.74, 6) is 0.904. The molecule has 4 N–H and O–H groups in total. The van der Waals surface area contributed by atoms with Gasteiger partial charge in [0.05, 0.1) is 6.61 Å². The minimum Gasteiger partial charge on any atom is -0.484 e. The van der Waals surface area contributed by atoms with Crippen LogP contribution >= 0.6 is 0 Å². The van der Waals surface area contributed by atoms with Crippen molar-refractivity contribution in [3.05, 3.63) is 29.8 Å². The molecular weight excluding hydrogens is 296 g/mol. The van der Waals surface area contributed by atoms with Gasteiger partial charge in [0.25, 0.3) is 5.91 Å². The number of carbonyl (C=O) groups excluding carboxylic acids is 1. The fourth-order valence-corrected chi connectivity index (χ4v) is 1.84. The molecule has 0 saturated carbocycles. The van der Waals surface area contributed by atoms with Crippen LogP contribution in [0.5, 0.6) is 5.75 Å². The van der Waals surface area contributed by atoms with Gasteiger partial charge in [-0.05, 0) is 31.0 Å². The minimum atomic E-state index is -0.485. The zero-order chi connectivity index (χ0) is 16.9. The lowest BCUT2D eigenvalue weighted by Crippen LogP contribution is -2.39. The lowest BCUT2D eigenvalue weighted by atomic mass is 10.1. The largest absolute Gasteiger partial charge is 0.484 e. The van der Waals surface area contributed by atoms with Gasteiger partial charge in [-0.3, -0.25) is 9.79 Å². The molecule has 1 amide bonds. The van der Waals surface area contributed by atoms with Gasteiger partial charge in [0.2, 0.25) is 0 Å². The molecule has 23 heavy (non-hydrogen) atoms. The number of hydrogen-bond acceptors (Lipinski definition) is 4. The van der Waals surface area contributed by atoms with E-state index in [1.165, 1.54) is 0 Å². The number of ether oxygens (including phenoxy) is 2. The molecule has 1 rings (SSSR count). The predicted octanol–water partition coefficient (Wildman–Crippen LogP) is 0.295. The van der Waals surface area contributed by atoms with Gasteiger partial charge in [-0.15, -0.1) is 0 Å². The molecule has 0 aliphatic carbocycles. The van der Waals surface area contributed by atoms with Crippen LogP contribution in [-0.4, -0.2) is 51.8 Å². The lowest BCUT2D eigenvalue weighted by molar-refractivity contribution is -0.119. The summed E-state index contributed by atoms with van der Waals surface area (Å²) < 4.78 is 10.5. The van der Waals surface area contributed by atoms with Crippen LogP contribution in [0, 0.1) is 0 Å². The maximum Gasteiger partial charge on any atom is 0.255 e. The molecule has 0 spiro atoms. The topological polar surface area (TPSA) is 98.0 Å². The monoisotopic (exact) mass is 322 g/mol. The Hall–Kier alpha value is -2.28. The zero-order valence-corrected chi connectivity index (χ0v) is 13.8. The van der Waals surface area contributed by atoms with E-state index in [1.54, 1.807) is 7.05 Å². The third-order valence-corrected chi connectivity index (χ3v) is 2.98. The van der Waals surface area contributed by atoms with Gasteiger partial charge in [-0.1, -0.05) is 12.1 Å². The number of amides is 1. The zero-order valence-electron chi connectivity index (χ0n) is 13.8. The average molecular weight is 322 g/mol. The molecule has 0 heterocycles. The van der Waals surface area contributed by atoms with Gasteiger partial charge in [0, 0.05) is 26.7 Å². The van der Waals surface area contributed by atoms with Crippen molar-refractivity contribution >= 4 is 11.9 Å². The highest BCUT2D eigenvalue weighted by atomic mass is 16.5. The first-order valence-corrected chi connectivity index (χ1v) is 7.68. The number of nitrogens with one attached hydrogen (secondary N) is 2. The fraction of sp³-hybridized carbons (Fsp3) is 0.500. The number of rotatable bonds is 10. The number of nitrogens with two attached hydrogens (primary N) is 1. The Morgan fingerprint density at radius 1 is 1.22 bits per heavy atom. The van der Waals surface area contributed by atoms with Crippen molar-refractivity contribution in [3.63, 3.8) is 0 Å². The minimum absolute atomic E-state index is 0.107. The van der Waals surface area contributed by atoms with Gasteiger partial charge in [-0.2, -0.15) is 0 Å². The van der Waals surface area contributed by atoms with E-state index in [9.17, 15) is 4.79 Å². The first-order chi connectivity index (χ1) is 11.2. The van der Waals surface area contributed by atoms with Crippen LogP contribution in [0.3, 0.4) is 0 Å². The number of guanidine groups is 1. The first-order valence-electron chi connectivity index (χ1n) is 7.68. The number of primary amides is 1. The SMILES string of the molecule is CCOCCNC(=NC)NCCc1ccc(OCC(N)=O)cc1. The van der Waals surface area contributed by atoms with Crippen molar-refractivity contribution in [1.82, 2.24) is 10.6 Å². The van der Waals surface area contributed by atoms with Gasteiger partial charge < -0.3 is 25.8 Å². The maximum atomic E-state index is 10.6. The summed E-state index contributed by atoms with van der Waals surface area (Å²) in [5.41, 5.74) is 6.19. The molecule has 7 nitrogen and oxygen atoms in total. The summed E-state index contributed by atoms with van der Waals surface area (Å²) in [6.07, 6.45) is 0.849. The number of carbonyl (C=O) groups is 1. The fourth-order valence-electron chi connectivity index (χ4n) is 1.84. The van der Waals surface area contributed by atoms with Crippen LogP contribution in [0.2, 0.25) is 0 Å². The summed E-state index contributed by atoms with van der Waals surface area (Å²) in [7, 11) is 1.74. The number of benzene rings is 1. The van der Waals surface area contributed by atoms with Crippen LogP contribution in [0.25, 0.3) is 0 Å². The molecule has 128 valence electrons. The maximum absolute atomic E-state index is 10.6. The van der Waals surface area contributed by atoms with Gasteiger partial charge >= 0.3 is 0 Å². The highest BCUT2D eigenvalue weighted by Gasteiger charge is 2.00. The molecule has 0 unspecified atom stereocenters. The molecular formula is C16H26N4O3. The second-order valence-electron chi connectivity index (χ2n) is 4.77. The summed E-state index contributed by atoms with van der Waals surface area (Å²) in [5, 5.41) is 6.42. The van der Waals surface area contributed by atoms with Crippen LogP contribution < -0.4 is 21.1 Å². The van der Waals surface area contributed by atoms with Crippen molar-refractivity contribution in [2.45, 2.75) is 13.3 Å². The molecule has 0 aromatic heterocycles. The molecule has 1 aromatic rings. The summed E-state index contributed by atoms with van der Waals surface area (Å²) in [4.78, 5) is 14.8. The van der Waals surface area contributed by atoms with Crippen LogP contribution in [0.15, 0.2) is 29.3 Å². The molecule has 0 atom stereocenters. The number of hydrogen-bond donors (Lipinski definition) is 3. The number of aliphatic imine (C=N–C) groups is 1. The van der Waals surface area contributed by atoms with Crippen LogP contribution in [0.1, 0.15) is 12.5 Å². The van der Waals surface area contributed by atoms with E-state index in [0.29, 0.717) is 19.0 Å². The number of nitrogens with zero attached hydrogens (tertiary/aromatic N) is 1. The van der Waals surface area contributed by atoms with E-state index in [4.69, 9.17) is 15.2 Å². The Balaban J connectivity index is 2.27. The first kappa shape index (κ1) is 18.8. The van der Waals surface area contributed by atoms with Gasteiger partial charge in [-0.25, -0.2) is 0 Å². The van der Waals surface area contributed by atoms with Gasteiger partial charge in [0.1, 0.15) is 5.75 Å². The molecule has 0 aliphatic heterocycles. The van der Waals surface area contributed by atoms with Crippen LogP contribution in [-0.2, 0) is 16.0 Å². The molecule has 7 heteroatoms. The van der Waals surface area contributed by atoms with Gasteiger partial charge in [0.15, 0.2) is 12.6 Å². The lowest BCUT2D eigenvalue weighted by Gasteiger charge is -2.12. The Morgan fingerprint density at radius 3 is 2.52 bits per heavy atom. The van der Waals surface area contributed by atoms with E-state index in [1.807, 2.05) is 31.2 Å². The van der Waals surface area contributed by atoms with Crippen molar-refractivity contribution in [2.24, 2.45) is 10.7 Å². The van der Waals surface area contributed by atoms with E-state index < -0.39 is 5.91 Å². The summed E-state index contributed by atoms with van der Waals surface area (Å²) in [6, 6.07) is 7.58. The highest BCUT2D eigenvalue weighted by Crippen LogP contribution is 2.12. The quantitative estimate of drug-likeness (QED) is 0.327. The molecule has 0 saturated heterocycles. The molecule has 0 radical (unpaired) electrons. The Morgan fingerprint density at radius 2 is 1.91 bits per heavy atom. The van der Waals surface area contributed by atoms with Crippen LogP contribution in [0.4, 0.5) is 0 Å². The second-order valence-corrected chi connectivity index (χ2v) is 4.77. The highest BCUT2D eigenvalue weighted by molar-refractivity contribution is 5.79. The summed E-state index contributed by atoms with van der Waals surface area (Å²) >= 11 is 0. The second kappa shape index (κ2) is 11.3. The van der Waals surface area contributed by atoms with Crippen molar-refractivity contribution < 1.29 is 14.3 Å². The molecule has 0 bridgehead atoms. The molecule has 0 fully saturated rings. The Kier molecular flexibility index (Phi) is 9.23. The third-order valence-electron chi connectivity index (χ3n) is 2.98. The average Bonchev–Trinajstić information content (AvgIpc) is 2.56. The van der Waals surface area contributed by atoms with Crippen molar-refractivity contribution in [2.75, 3.05) is 40.0 Å². The van der Waals surface area contributed by atoms with E-state index in [2.05, 4.69) is 15.6 Å². The van der Waals surface area contributed by atoms with Crippen molar-refractivity contribution in [1.29, 1.82) is 0 Å². The molecule has 0 aliphatic rings. The van der Waals surface area contributed by atoms with E-state index >= 15 is 0 Å². The third kappa shape index (κ3) is 8.67. The standard InChI is InChI=1S/C16H26N4O3/c1-3-22-11-10-20-16(18-2)19-9-8-13-4-6-14(7-5-13)23-12-15(17)21/h4-7H,3,8-12H2,1-2H3,(H2,17,21)(H2,18,19,20). The smallest absolute Gasteiger partial charge is 0.255 e. The van der Waals surface area contributed by atoms with E-state index in [0.717, 1.165) is 31.0 Å². The normalized spacial score (nSPS) is 11.1. The Labute approximate surface area is 137 Å². The van der Waals surface area contributed by atoms with E-state index in [-0.39, 0.29) is 6.61 Å². The molecule has 1 aromatic carbocycles. The Bertz CT molecular complexity index is 489. The predicted molar refractivity (Wildman–Crippen MR) is 90.7 cm³/mol. The van der Waals surface area contributed by atoms with Crippen molar-refractivity contribution in [3.8, 4) is 5.75 Å².